The van der Waals surface area contributed by atoms with Crippen molar-refractivity contribution in [3.63, 3.8) is 0 Å². The fourth-order valence-corrected chi connectivity index (χ4v) is 2.76. The molecular formula is C13H19N5. The van der Waals surface area contributed by atoms with Gasteiger partial charge in [0.1, 0.15) is 11.9 Å². The summed E-state index contributed by atoms with van der Waals surface area (Å²) in [5, 5.41) is 4.29. The SMILES string of the molecule is CC(c1nc2c(n1C)CCC(N)C2)n1cccn1. The van der Waals surface area contributed by atoms with Gasteiger partial charge in [-0.15, -0.1) is 0 Å². The van der Waals surface area contributed by atoms with Crippen LogP contribution in [0, 0.1) is 0 Å². The summed E-state index contributed by atoms with van der Waals surface area (Å²) in [6.45, 7) is 2.13. The third kappa shape index (κ3) is 1.75. The van der Waals surface area contributed by atoms with Crippen LogP contribution in [-0.4, -0.2) is 25.4 Å². The molecule has 96 valence electrons. The number of rotatable bonds is 2. The zero-order valence-electron chi connectivity index (χ0n) is 10.9. The van der Waals surface area contributed by atoms with E-state index in [0.717, 1.165) is 25.1 Å². The Kier molecular flexibility index (Phi) is 2.70. The van der Waals surface area contributed by atoms with E-state index < -0.39 is 0 Å². The van der Waals surface area contributed by atoms with Crippen LogP contribution >= 0.6 is 0 Å². The maximum atomic E-state index is 6.01. The summed E-state index contributed by atoms with van der Waals surface area (Å²) in [5.41, 5.74) is 8.52. The molecule has 2 heterocycles. The standard InChI is InChI=1S/C13H19N5/c1-9(18-7-3-6-15-18)13-16-11-8-10(14)4-5-12(11)17(13)2/h3,6-7,9-10H,4-5,8,14H2,1-2H3. The van der Waals surface area contributed by atoms with Gasteiger partial charge in [-0.1, -0.05) is 0 Å². The van der Waals surface area contributed by atoms with Crippen LogP contribution in [0.5, 0.6) is 0 Å². The van der Waals surface area contributed by atoms with Crippen LogP contribution in [0.2, 0.25) is 0 Å². The first-order valence-electron chi connectivity index (χ1n) is 6.46. The lowest BCUT2D eigenvalue weighted by Crippen LogP contribution is -2.28. The average Bonchev–Trinajstić information content (AvgIpc) is 2.97. The Hall–Kier alpha value is -1.62. The lowest BCUT2D eigenvalue weighted by atomic mass is 9.97. The quantitative estimate of drug-likeness (QED) is 0.860. The van der Waals surface area contributed by atoms with E-state index in [0.29, 0.717) is 0 Å². The molecule has 0 aromatic carbocycles. The Morgan fingerprint density at radius 2 is 2.33 bits per heavy atom. The van der Waals surface area contributed by atoms with Crippen LogP contribution in [0.3, 0.4) is 0 Å². The van der Waals surface area contributed by atoms with E-state index in [1.165, 1.54) is 11.4 Å². The molecule has 0 spiro atoms. The zero-order chi connectivity index (χ0) is 12.7. The molecule has 18 heavy (non-hydrogen) atoms. The maximum Gasteiger partial charge on any atom is 0.133 e. The molecule has 0 radical (unpaired) electrons. The summed E-state index contributed by atoms with van der Waals surface area (Å²) in [7, 11) is 2.10. The lowest BCUT2D eigenvalue weighted by molar-refractivity contribution is 0.515. The predicted octanol–water partition coefficient (Wildman–Crippen LogP) is 1.04. The normalized spacial score (nSPS) is 20.7. The summed E-state index contributed by atoms with van der Waals surface area (Å²) in [5.74, 6) is 1.07. The summed E-state index contributed by atoms with van der Waals surface area (Å²) in [6, 6.07) is 2.36. The van der Waals surface area contributed by atoms with Gasteiger partial charge in [-0.2, -0.15) is 5.10 Å². The van der Waals surface area contributed by atoms with Crippen molar-refractivity contribution in [3.8, 4) is 0 Å². The van der Waals surface area contributed by atoms with E-state index in [-0.39, 0.29) is 12.1 Å². The highest BCUT2D eigenvalue weighted by Crippen LogP contribution is 2.25. The van der Waals surface area contributed by atoms with Crippen molar-refractivity contribution in [1.29, 1.82) is 0 Å². The van der Waals surface area contributed by atoms with Crippen LogP contribution in [-0.2, 0) is 19.9 Å². The number of hydrogen-bond acceptors (Lipinski definition) is 3. The number of nitrogens with two attached hydrogens (primary N) is 1. The summed E-state index contributed by atoms with van der Waals surface area (Å²) < 4.78 is 4.15. The molecule has 2 aromatic heterocycles. The van der Waals surface area contributed by atoms with Crippen molar-refractivity contribution >= 4 is 0 Å². The fraction of sp³-hybridized carbons (Fsp3) is 0.538. The Bertz CT molecular complexity index is 540. The van der Waals surface area contributed by atoms with Gasteiger partial charge >= 0.3 is 0 Å². The van der Waals surface area contributed by atoms with Gasteiger partial charge in [0.25, 0.3) is 0 Å². The van der Waals surface area contributed by atoms with Crippen molar-refractivity contribution in [2.45, 2.75) is 38.3 Å². The largest absolute Gasteiger partial charge is 0.333 e. The zero-order valence-corrected chi connectivity index (χ0v) is 10.9. The van der Waals surface area contributed by atoms with Crippen LogP contribution in [0.4, 0.5) is 0 Å². The van der Waals surface area contributed by atoms with Crippen LogP contribution in [0.15, 0.2) is 18.5 Å². The van der Waals surface area contributed by atoms with E-state index in [9.17, 15) is 0 Å². The molecule has 2 atom stereocenters. The fourth-order valence-electron chi connectivity index (χ4n) is 2.76. The van der Waals surface area contributed by atoms with Crippen LogP contribution < -0.4 is 5.73 Å². The first-order chi connectivity index (χ1) is 8.66. The van der Waals surface area contributed by atoms with Gasteiger partial charge in [0, 0.05) is 37.6 Å². The predicted molar refractivity (Wildman–Crippen MR) is 69.2 cm³/mol. The van der Waals surface area contributed by atoms with Crippen LogP contribution in [0.1, 0.15) is 36.6 Å². The lowest BCUT2D eigenvalue weighted by Gasteiger charge is -2.18. The molecule has 0 amide bonds. The van der Waals surface area contributed by atoms with Crippen molar-refractivity contribution in [1.82, 2.24) is 19.3 Å². The highest BCUT2D eigenvalue weighted by Gasteiger charge is 2.24. The summed E-state index contributed by atoms with van der Waals surface area (Å²) in [4.78, 5) is 4.78. The van der Waals surface area contributed by atoms with Gasteiger partial charge in [0.2, 0.25) is 0 Å². The smallest absolute Gasteiger partial charge is 0.133 e. The molecular weight excluding hydrogens is 226 g/mol. The van der Waals surface area contributed by atoms with Gasteiger partial charge in [-0.3, -0.25) is 4.68 Å². The average molecular weight is 245 g/mol. The monoisotopic (exact) mass is 245 g/mol. The minimum atomic E-state index is 0.159. The molecule has 5 nitrogen and oxygen atoms in total. The number of imidazole rings is 1. The second kappa shape index (κ2) is 4.24. The number of aromatic nitrogens is 4. The topological polar surface area (TPSA) is 61.7 Å². The number of fused-ring (bicyclic) bond motifs is 1. The molecule has 0 bridgehead atoms. The van der Waals surface area contributed by atoms with E-state index in [2.05, 4.69) is 23.6 Å². The highest BCUT2D eigenvalue weighted by molar-refractivity contribution is 5.23. The van der Waals surface area contributed by atoms with Crippen molar-refractivity contribution in [2.75, 3.05) is 0 Å². The van der Waals surface area contributed by atoms with Crippen molar-refractivity contribution < 1.29 is 0 Å². The molecule has 5 heteroatoms. The van der Waals surface area contributed by atoms with Crippen molar-refractivity contribution in [3.05, 3.63) is 35.7 Å². The minimum absolute atomic E-state index is 0.159. The Morgan fingerprint density at radius 3 is 3.06 bits per heavy atom. The number of nitrogens with zero attached hydrogens (tertiary/aromatic N) is 4. The molecule has 1 aliphatic carbocycles. The Balaban J connectivity index is 1.99. The molecule has 2 aromatic rings. The van der Waals surface area contributed by atoms with Gasteiger partial charge < -0.3 is 10.3 Å². The first kappa shape index (κ1) is 11.5. The number of hydrogen-bond donors (Lipinski definition) is 1. The third-order valence-electron chi connectivity index (χ3n) is 3.83. The van der Waals surface area contributed by atoms with Crippen molar-refractivity contribution in [2.24, 2.45) is 12.8 Å². The van der Waals surface area contributed by atoms with E-state index in [4.69, 9.17) is 10.7 Å². The Labute approximate surface area is 107 Å². The molecule has 2 N–H and O–H groups in total. The van der Waals surface area contributed by atoms with Gasteiger partial charge in [-0.25, -0.2) is 4.98 Å². The summed E-state index contributed by atoms with van der Waals surface area (Å²) in [6.07, 6.45) is 6.77. The molecule has 0 aliphatic heterocycles. The van der Waals surface area contributed by atoms with E-state index in [1.54, 1.807) is 6.20 Å². The molecule has 0 saturated heterocycles. The van der Waals surface area contributed by atoms with Gasteiger partial charge in [-0.05, 0) is 25.8 Å². The summed E-state index contributed by atoms with van der Waals surface area (Å²) >= 11 is 0. The highest BCUT2D eigenvalue weighted by atomic mass is 15.3. The third-order valence-corrected chi connectivity index (χ3v) is 3.83. The molecule has 3 rings (SSSR count). The molecule has 0 saturated carbocycles. The minimum Gasteiger partial charge on any atom is -0.333 e. The molecule has 0 fully saturated rings. The Morgan fingerprint density at radius 1 is 1.50 bits per heavy atom. The second-order valence-corrected chi connectivity index (χ2v) is 5.09. The maximum absolute atomic E-state index is 6.01. The molecule has 1 aliphatic rings. The van der Waals surface area contributed by atoms with Crippen LogP contribution in [0.25, 0.3) is 0 Å². The first-order valence-corrected chi connectivity index (χ1v) is 6.46. The molecule has 2 unspecified atom stereocenters. The second-order valence-electron chi connectivity index (χ2n) is 5.09. The van der Waals surface area contributed by atoms with Gasteiger partial charge in [0.05, 0.1) is 5.69 Å². The van der Waals surface area contributed by atoms with Gasteiger partial charge in [0.15, 0.2) is 0 Å². The van der Waals surface area contributed by atoms with E-state index in [1.807, 2.05) is 16.9 Å². The van der Waals surface area contributed by atoms with E-state index >= 15 is 0 Å².